The van der Waals surface area contributed by atoms with Crippen molar-refractivity contribution in [2.75, 3.05) is 0 Å². The van der Waals surface area contributed by atoms with Gasteiger partial charge in [0.25, 0.3) is 0 Å². The molecule has 9 aromatic carbocycles. The highest BCUT2D eigenvalue weighted by Gasteiger charge is 2.29. The van der Waals surface area contributed by atoms with Crippen molar-refractivity contribution in [1.29, 1.82) is 0 Å². The number of hydrogen-bond acceptors (Lipinski definition) is 2. The van der Waals surface area contributed by atoms with Crippen LogP contribution in [0, 0.1) is 0 Å². The van der Waals surface area contributed by atoms with E-state index in [4.69, 9.17) is 4.98 Å². The lowest BCUT2D eigenvalue weighted by molar-refractivity contribution is 0.592. The lowest BCUT2D eigenvalue weighted by Crippen LogP contribution is -2.25. The fourth-order valence-corrected chi connectivity index (χ4v) is 10.8. The van der Waals surface area contributed by atoms with Gasteiger partial charge in [0, 0.05) is 37.6 Å². The highest BCUT2D eigenvalue weighted by atomic mass is 31.2. The molecule has 10 rings (SSSR count). The molecular formula is C51H34NOP. The maximum Gasteiger partial charge on any atom is 0.171 e. The zero-order chi connectivity index (χ0) is 36.1. The molecule has 0 bridgehead atoms. The zero-order valence-electron chi connectivity index (χ0n) is 29.4. The third-order valence-electron chi connectivity index (χ3n) is 10.7. The Morgan fingerprint density at radius 2 is 0.870 bits per heavy atom. The Balaban J connectivity index is 1.11. The maximum absolute atomic E-state index is 15.1. The van der Waals surface area contributed by atoms with Crippen LogP contribution in [0.25, 0.3) is 76.7 Å². The number of pyridine rings is 1. The number of benzene rings is 9. The number of hydrogen-bond donors (Lipinski definition) is 0. The summed E-state index contributed by atoms with van der Waals surface area (Å²) in [6, 6.07) is 71.5. The van der Waals surface area contributed by atoms with Gasteiger partial charge in [-0.25, -0.2) is 4.98 Å². The van der Waals surface area contributed by atoms with Crippen LogP contribution in [0.2, 0.25) is 0 Å². The maximum atomic E-state index is 15.1. The van der Waals surface area contributed by atoms with Crippen molar-refractivity contribution in [2.45, 2.75) is 0 Å². The van der Waals surface area contributed by atoms with Gasteiger partial charge in [0.1, 0.15) is 0 Å². The third-order valence-corrected chi connectivity index (χ3v) is 13.7. The molecule has 0 unspecified atom stereocenters. The van der Waals surface area contributed by atoms with Gasteiger partial charge in [-0.3, -0.25) is 0 Å². The topological polar surface area (TPSA) is 30.0 Å². The molecule has 0 radical (unpaired) electrons. The van der Waals surface area contributed by atoms with Crippen LogP contribution in [-0.2, 0) is 4.57 Å². The van der Waals surface area contributed by atoms with Gasteiger partial charge in [-0.05, 0) is 74.1 Å². The highest BCUT2D eigenvalue weighted by Crippen LogP contribution is 2.44. The van der Waals surface area contributed by atoms with Gasteiger partial charge >= 0.3 is 0 Å². The molecule has 0 fully saturated rings. The molecule has 3 heteroatoms. The first-order valence-electron chi connectivity index (χ1n) is 18.3. The lowest BCUT2D eigenvalue weighted by atomic mass is 9.89. The Kier molecular flexibility index (Phi) is 7.79. The molecule has 0 aliphatic heterocycles. The number of fused-ring (bicyclic) bond motifs is 6. The summed E-state index contributed by atoms with van der Waals surface area (Å²) in [5.41, 5.74) is 7.57. The van der Waals surface area contributed by atoms with Crippen molar-refractivity contribution < 1.29 is 4.57 Å². The van der Waals surface area contributed by atoms with Crippen molar-refractivity contribution >= 4 is 66.3 Å². The van der Waals surface area contributed by atoms with E-state index in [9.17, 15) is 0 Å². The molecule has 0 spiro atoms. The average molecular weight is 708 g/mol. The summed E-state index contributed by atoms with van der Waals surface area (Å²) in [6.45, 7) is 0. The van der Waals surface area contributed by atoms with Gasteiger partial charge in [0.2, 0.25) is 0 Å². The van der Waals surface area contributed by atoms with Crippen molar-refractivity contribution in [1.82, 2.24) is 4.98 Å². The Bertz CT molecular complexity index is 3020. The SMILES string of the molecule is O=P(c1ccccc1)(c1ccccc1)c1cccc(-c2ccc3cc(-c4cc5c(-c6ccccc6)nc6ccccc6c5c5ccccc45)ccc3c2)c1. The first-order valence-corrected chi connectivity index (χ1v) is 20.0. The summed E-state index contributed by atoms with van der Waals surface area (Å²) < 4.78 is 15.1. The number of para-hydroxylation sites is 1. The normalized spacial score (nSPS) is 11.8. The van der Waals surface area contributed by atoms with Crippen LogP contribution in [0.15, 0.2) is 206 Å². The van der Waals surface area contributed by atoms with Gasteiger partial charge in [-0.15, -0.1) is 0 Å². The van der Waals surface area contributed by atoms with E-state index < -0.39 is 7.14 Å². The molecule has 0 aliphatic carbocycles. The lowest BCUT2D eigenvalue weighted by Gasteiger charge is -2.20. The molecule has 1 heterocycles. The number of rotatable bonds is 6. The average Bonchev–Trinajstić information content (AvgIpc) is 3.26. The summed E-state index contributed by atoms with van der Waals surface area (Å²) in [6.07, 6.45) is 0. The van der Waals surface area contributed by atoms with E-state index in [1.165, 1.54) is 21.7 Å². The monoisotopic (exact) mass is 707 g/mol. The van der Waals surface area contributed by atoms with E-state index in [0.29, 0.717) is 0 Å². The predicted octanol–water partition coefficient (Wildman–Crippen LogP) is 12.3. The van der Waals surface area contributed by atoms with Gasteiger partial charge < -0.3 is 4.57 Å². The second-order valence-corrected chi connectivity index (χ2v) is 16.6. The van der Waals surface area contributed by atoms with E-state index in [-0.39, 0.29) is 0 Å². The van der Waals surface area contributed by atoms with Crippen LogP contribution < -0.4 is 15.9 Å². The van der Waals surface area contributed by atoms with Gasteiger partial charge in [-0.2, -0.15) is 0 Å². The molecule has 254 valence electrons. The molecule has 10 aromatic rings. The summed E-state index contributed by atoms with van der Waals surface area (Å²) in [5.74, 6) is 0. The van der Waals surface area contributed by atoms with Gasteiger partial charge in [-0.1, -0.05) is 176 Å². The molecule has 0 saturated heterocycles. The molecule has 0 saturated carbocycles. The molecule has 1 aromatic heterocycles. The fraction of sp³-hybridized carbons (Fsp3) is 0. The minimum atomic E-state index is -3.09. The second kappa shape index (κ2) is 13.1. The van der Waals surface area contributed by atoms with Crippen LogP contribution in [0.1, 0.15) is 0 Å². The van der Waals surface area contributed by atoms with Crippen molar-refractivity contribution in [2.24, 2.45) is 0 Å². The van der Waals surface area contributed by atoms with E-state index in [1.54, 1.807) is 0 Å². The van der Waals surface area contributed by atoms with Crippen LogP contribution in [0.3, 0.4) is 0 Å². The van der Waals surface area contributed by atoms with Crippen molar-refractivity contribution in [3.63, 3.8) is 0 Å². The molecule has 0 aliphatic rings. The second-order valence-electron chi connectivity index (χ2n) is 13.8. The van der Waals surface area contributed by atoms with Crippen LogP contribution in [0.4, 0.5) is 0 Å². The summed E-state index contributed by atoms with van der Waals surface area (Å²) in [4.78, 5) is 5.24. The van der Waals surface area contributed by atoms with E-state index in [2.05, 4.69) is 133 Å². The Labute approximate surface area is 314 Å². The van der Waals surface area contributed by atoms with E-state index >= 15 is 4.57 Å². The zero-order valence-corrected chi connectivity index (χ0v) is 30.3. The minimum absolute atomic E-state index is 0.827. The van der Waals surface area contributed by atoms with Crippen molar-refractivity contribution in [3.05, 3.63) is 206 Å². The molecule has 0 amide bonds. The van der Waals surface area contributed by atoms with Crippen LogP contribution >= 0.6 is 7.14 Å². The number of aromatic nitrogens is 1. The molecular weight excluding hydrogens is 674 g/mol. The molecule has 54 heavy (non-hydrogen) atoms. The number of nitrogens with zero attached hydrogens (tertiary/aromatic N) is 1. The first kappa shape index (κ1) is 32.1. The quantitative estimate of drug-likeness (QED) is 0.127. The van der Waals surface area contributed by atoms with Crippen LogP contribution in [-0.4, -0.2) is 4.98 Å². The van der Waals surface area contributed by atoms with E-state index in [1.807, 2.05) is 72.8 Å². The smallest absolute Gasteiger partial charge is 0.171 e. The Morgan fingerprint density at radius 1 is 0.352 bits per heavy atom. The van der Waals surface area contributed by atoms with Gasteiger partial charge in [0.15, 0.2) is 7.14 Å². The van der Waals surface area contributed by atoms with E-state index in [0.717, 1.165) is 70.9 Å². The Morgan fingerprint density at radius 3 is 1.57 bits per heavy atom. The molecule has 0 N–H and O–H groups in total. The fourth-order valence-electron chi connectivity index (χ4n) is 8.07. The summed E-state index contributed by atoms with van der Waals surface area (Å²) in [7, 11) is -3.09. The molecule has 2 nitrogen and oxygen atoms in total. The third kappa shape index (κ3) is 5.35. The van der Waals surface area contributed by atoms with Gasteiger partial charge in [0.05, 0.1) is 11.2 Å². The Hall–Kier alpha value is -6.60. The largest absolute Gasteiger partial charge is 0.309 e. The standard InChI is InChI=1S/C51H34NOP/c53-54(41-18-6-2-7-19-41,42-20-8-3-9-21-42)43-22-14-17-36(33-43)37-27-28-39-32-40(30-29-38(39)31-37)47-34-48-50(45-24-11-10-23-44(45)47)46-25-12-13-26-49(46)52-51(48)35-15-4-1-5-16-35/h1-34H. The van der Waals surface area contributed by atoms with Crippen LogP contribution in [0.5, 0.6) is 0 Å². The summed E-state index contributed by atoms with van der Waals surface area (Å²) in [5, 5.41) is 10.8. The predicted molar refractivity (Wildman–Crippen MR) is 230 cm³/mol. The molecule has 0 atom stereocenters. The minimum Gasteiger partial charge on any atom is -0.309 e. The first-order chi connectivity index (χ1) is 26.6. The van der Waals surface area contributed by atoms with Crippen molar-refractivity contribution in [3.8, 4) is 33.5 Å². The summed E-state index contributed by atoms with van der Waals surface area (Å²) >= 11 is 0. The highest BCUT2D eigenvalue weighted by molar-refractivity contribution is 7.85.